The maximum atomic E-state index is 5.33. The number of ether oxygens (including phenoxy) is 1. The molecule has 70 valence electrons. The Morgan fingerprint density at radius 1 is 1.38 bits per heavy atom. The van der Waals surface area contributed by atoms with Crippen LogP contribution < -0.4 is 4.74 Å². The highest BCUT2D eigenvalue weighted by atomic mass is 16.5. The number of aryl methyl sites for hydroxylation is 1. The van der Waals surface area contributed by atoms with Gasteiger partial charge in [-0.15, -0.1) is 6.58 Å². The van der Waals surface area contributed by atoms with Crippen LogP contribution in [0.25, 0.3) is 0 Å². The van der Waals surface area contributed by atoms with Gasteiger partial charge < -0.3 is 4.74 Å². The molecule has 13 heavy (non-hydrogen) atoms. The van der Waals surface area contributed by atoms with Crippen molar-refractivity contribution >= 4 is 0 Å². The molecular formula is C12H16O. The number of benzene rings is 1. The van der Waals surface area contributed by atoms with Gasteiger partial charge in [0.05, 0.1) is 7.11 Å². The highest BCUT2D eigenvalue weighted by molar-refractivity contribution is 5.45. The lowest BCUT2D eigenvalue weighted by molar-refractivity contribution is 0.408. The van der Waals surface area contributed by atoms with Gasteiger partial charge in [0.15, 0.2) is 0 Å². The number of rotatable bonds is 3. The summed E-state index contributed by atoms with van der Waals surface area (Å²) < 4.78 is 5.33. The standard InChI is InChI=1S/C12H16O/c1-5-6-11-8-7-9(2)12(13-4)10(11)3/h5,7-8H,1,6H2,2-4H3. The van der Waals surface area contributed by atoms with Gasteiger partial charge in [0, 0.05) is 0 Å². The van der Waals surface area contributed by atoms with E-state index in [0.29, 0.717) is 0 Å². The summed E-state index contributed by atoms with van der Waals surface area (Å²) in [6, 6.07) is 4.22. The molecule has 0 heterocycles. The summed E-state index contributed by atoms with van der Waals surface area (Å²) in [6.07, 6.45) is 2.82. The fourth-order valence-electron chi connectivity index (χ4n) is 1.56. The lowest BCUT2D eigenvalue weighted by Gasteiger charge is -2.11. The molecule has 1 heteroatoms. The van der Waals surface area contributed by atoms with E-state index >= 15 is 0 Å². The van der Waals surface area contributed by atoms with Gasteiger partial charge in [0.25, 0.3) is 0 Å². The van der Waals surface area contributed by atoms with Crippen LogP contribution in [0.5, 0.6) is 5.75 Å². The maximum absolute atomic E-state index is 5.33. The molecule has 0 saturated heterocycles. The Hall–Kier alpha value is -1.24. The molecule has 0 aliphatic heterocycles. The van der Waals surface area contributed by atoms with Crippen LogP contribution in [0.1, 0.15) is 16.7 Å². The molecule has 0 aliphatic rings. The number of methoxy groups -OCH3 is 1. The van der Waals surface area contributed by atoms with E-state index < -0.39 is 0 Å². The summed E-state index contributed by atoms with van der Waals surface area (Å²) in [5.74, 6) is 0.999. The minimum atomic E-state index is 0.905. The summed E-state index contributed by atoms with van der Waals surface area (Å²) in [5.41, 5.74) is 3.70. The van der Waals surface area contributed by atoms with Crippen molar-refractivity contribution in [2.75, 3.05) is 7.11 Å². The minimum Gasteiger partial charge on any atom is -0.496 e. The quantitative estimate of drug-likeness (QED) is 0.643. The number of hydrogen-bond donors (Lipinski definition) is 0. The summed E-state index contributed by atoms with van der Waals surface area (Å²) in [6.45, 7) is 7.88. The Morgan fingerprint density at radius 3 is 2.62 bits per heavy atom. The molecule has 1 nitrogen and oxygen atoms in total. The van der Waals surface area contributed by atoms with E-state index in [2.05, 4.69) is 32.6 Å². The first-order valence-electron chi connectivity index (χ1n) is 4.44. The lowest BCUT2D eigenvalue weighted by Crippen LogP contribution is -1.95. The van der Waals surface area contributed by atoms with Gasteiger partial charge in [-0.2, -0.15) is 0 Å². The first-order chi connectivity index (χ1) is 6.20. The van der Waals surface area contributed by atoms with E-state index in [1.807, 2.05) is 6.08 Å². The van der Waals surface area contributed by atoms with Crippen molar-refractivity contribution in [3.05, 3.63) is 41.5 Å². The Bertz CT molecular complexity index is 313. The molecule has 0 N–H and O–H groups in total. The van der Waals surface area contributed by atoms with E-state index in [0.717, 1.165) is 12.2 Å². The smallest absolute Gasteiger partial charge is 0.124 e. The molecule has 1 aromatic rings. The molecule has 0 atom stereocenters. The highest BCUT2D eigenvalue weighted by Gasteiger charge is 2.05. The van der Waals surface area contributed by atoms with E-state index in [1.54, 1.807) is 7.11 Å². The molecule has 0 amide bonds. The van der Waals surface area contributed by atoms with Crippen LogP contribution in [0.3, 0.4) is 0 Å². The third kappa shape index (κ3) is 1.92. The molecule has 0 aromatic heterocycles. The van der Waals surface area contributed by atoms with Crippen LogP contribution in [-0.4, -0.2) is 7.11 Å². The fraction of sp³-hybridized carbons (Fsp3) is 0.333. The van der Waals surface area contributed by atoms with E-state index in [9.17, 15) is 0 Å². The van der Waals surface area contributed by atoms with Gasteiger partial charge >= 0.3 is 0 Å². The van der Waals surface area contributed by atoms with Crippen molar-refractivity contribution in [3.63, 3.8) is 0 Å². The molecule has 0 saturated carbocycles. The van der Waals surface area contributed by atoms with Crippen LogP contribution in [-0.2, 0) is 6.42 Å². The molecule has 0 radical (unpaired) electrons. The molecule has 1 aromatic carbocycles. The van der Waals surface area contributed by atoms with Crippen molar-refractivity contribution in [1.29, 1.82) is 0 Å². The van der Waals surface area contributed by atoms with Crippen LogP contribution in [0.4, 0.5) is 0 Å². The van der Waals surface area contributed by atoms with Gasteiger partial charge in [-0.3, -0.25) is 0 Å². The maximum Gasteiger partial charge on any atom is 0.124 e. The second kappa shape index (κ2) is 4.13. The zero-order valence-electron chi connectivity index (χ0n) is 8.55. The van der Waals surface area contributed by atoms with Gasteiger partial charge in [-0.05, 0) is 37.0 Å². The average Bonchev–Trinajstić information content (AvgIpc) is 2.11. The molecule has 0 fully saturated rings. The van der Waals surface area contributed by atoms with Crippen LogP contribution >= 0.6 is 0 Å². The molecular weight excluding hydrogens is 160 g/mol. The van der Waals surface area contributed by atoms with Crippen LogP contribution in [0.15, 0.2) is 24.8 Å². The van der Waals surface area contributed by atoms with Crippen molar-refractivity contribution in [2.45, 2.75) is 20.3 Å². The van der Waals surface area contributed by atoms with Gasteiger partial charge in [0.2, 0.25) is 0 Å². The number of hydrogen-bond acceptors (Lipinski definition) is 1. The SMILES string of the molecule is C=CCc1ccc(C)c(OC)c1C. The fourth-order valence-corrected chi connectivity index (χ4v) is 1.56. The second-order valence-corrected chi connectivity index (χ2v) is 3.19. The first kappa shape index (κ1) is 9.85. The Kier molecular flexibility index (Phi) is 3.13. The predicted molar refractivity (Wildman–Crippen MR) is 56.4 cm³/mol. The monoisotopic (exact) mass is 176 g/mol. The minimum absolute atomic E-state index is 0.905. The molecule has 0 aliphatic carbocycles. The van der Waals surface area contributed by atoms with Crippen LogP contribution in [0, 0.1) is 13.8 Å². The molecule has 0 spiro atoms. The first-order valence-corrected chi connectivity index (χ1v) is 4.44. The topological polar surface area (TPSA) is 9.23 Å². The van der Waals surface area contributed by atoms with E-state index in [1.165, 1.54) is 16.7 Å². The van der Waals surface area contributed by atoms with Gasteiger partial charge in [-0.1, -0.05) is 18.2 Å². The normalized spacial score (nSPS) is 9.77. The summed E-state index contributed by atoms with van der Waals surface area (Å²) in [7, 11) is 1.72. The zero-order chi connectivity index (χ0) is 9.84. The summed E-state index contributed by atoms with van der Waals surface area (Å²) in [5, 5.41) is 0. The zero-order valence-corrected chi connectivity index (χ0v) is 8.55. The van der Waals surface area contributed by atoms with Gasteiger partial charge in [0.1, 0.15) is 5.75 Å². The van der Waals surface area contributed by atoms with Crippen molar-refractivity contribution in [2.24, 2.45) is 0 Å². The van der Waals surface area contributed by atoms with Crippen LogP contribution in [0.2, 0.25) is 0 Å². The van der Waals surface area contributed by atoms with Gasteiger partial charge in [-0.25, -0.2) is 0 Å². The highest BCUT2D eigenvalue weighted by Crippen LogP contribution is 2.25. The van der Waals surface area contributed by atoms with E-state index in [-0.39, 0.29) is 0 Å². The average molecular weight is 176 g/mol. The molecule has 0 bridgehead atoms. The third-order valence-electron chi connectivity index (χ3n) is 2.28. The summed E-state index contributed by atoms with van der Waals surface area (Å²) >= 11 is 0. The predicted octanol–water partition coefficient (Wildman–Crippen LogP) is 3.04. The largest absolute Gasteiger partial charge is 0.496 e. The third-order valence-corrected chi connectivity index (χ3v) is 2.28. The Labute approximate surface area is 80.0 Å². The van der Waals surface area contributed by atoms with Crippen molar-refractivity contribution < 1.29 is 4.74 Å². The van der Waals surface area contributed by atoms with Crippen molar-refractivity contribution in [3.8, 4) is 5.75 Å². The molecule has 0 unspecified atom stereocenters. The molecule has 1 rings (SSSR count). The summed E-state index contributed by atoms with van der Waals surface area (Å²) in [4.78, 5) is 0. The lowest BCUT2D eigenvalue weighted by atomic mass is 10.0. The second-order valence-electron chi connectivity index (χ2n) is 3.19. The Morgan fingerprint density at radius 2 is 2.08 bits per heavy atom. The Balaban J connectivity index is 3.18. The number of allylic oxidation sites excluding steroid dienone is 1. The van der Waals surface area contributed by atoms with E-state index in [4.69, 9.17) is 4.74 Å². The van der Waals surface area contributed by atoms with Crippen molar-refractivity contribution in [1.82, 2.24) is 0 Å².